The zero-order valence-electron chi connectivity index (χ0n) is 15.6. The van der Waals surface area contributed by atoms with E-state index in [-0.39, 0.29) is 5.25 Å². The van der Waals surface area contributed by atoms with Gasteiger partial charge < -0.3 is 4.57 Å². The number of benzene rings is 1. The summed E-state index contributed by atoms with van der Waals surface area (Å²) in [5.74, 6) is 0.295. The molecule has 2 aromatic rings. The van der Waals surface area contributed by atoms with Gasteiger partial charge in [0.1, 0.15) is 5.78 Å². The van der Waals surface area contributed by atoms with E-state index in [1.165, 1.54) is 11.8 Å². The Morgan fingerprint density at radius 1 is 1.19 bits per heavy atom. The van der Waals surface area contributed by atoms with Crippen LogP contribution in [0.1, 0.15) is 45.4 Å². The molecule has 8 heteroatoms. The highest BCUT2D eigenvalue weighted by Gasteiger charge is 2.29. The molecule has 27 heavy (non-hydrogen) atoms. The second kappa shape index (κ2) is 7.56. The number of Topliss-reactive ketones (excluding diaryl/α,β-unsaturated/α-hetero) is 1. The lowest BCUT2D eigenvalue weighted by atomic mass is 10.2. The number of piperidine rings is 1. The number of carbonyl (C=O) groups is 1. The quantitative estimate of drug-likeness (QED) is 0.759. The molecule has 2 fully saturated rings. The van der Waals surface area contributed by atoms with Crippen LogP contribution >= 0.6 is 11.8 Å². The molecule has 1 atom stereocenters. The summed E-state index contributed by atoms with van der Waals surface area (Å²) in [4.78, 5) is 17.0. The van der Waals surface area contributed by atoms with E-state index in [1.54, 1.807) is 16.4 Å². The molecule has 1 aliphatic heterocycles. The first-order valence-corrected chi connectivity index (χ1v) is 12.0. The largest absolute Gasteiger partial charge is 0.319 e. The minimum Gasteiger partial charge on any atom is -0.319 e. The van der Waals surface area contributed by atoms with Crippen molar-refractivity contribution >= 4 is 38.6 Å². The molecular weight excluding hydrogens is 382 g/mol. The molecule has 1 unspecified atom stereocenters. The summed E-state index contributed by atoms with van der Waals surface area (Å²) >= 11 is 1.52. The number of imidazole rings is 1. The van der Waals surface area contributed by atoms with E-state index >= 15 is 0 Å². The minimum atomic E-state index is -3.47. The van der Waals surface area contributed by atoms with E-state index in [4.69, 9.17) is 4.98 Å². The molecule has 1 aromatic heterocycles. The van der Waals surface area contributed by atoms with Gasteiger partial charge in [0.2, 0.25) is 10.0 Å². The number of hydrogen-bond acceptors (Lipinski definition) is 5. The average Bonchev–Trinajstić information content (AvgIpc) is 3.24. The molecular formula is C19H25N3O3S2. The number of carbonyl (C=O) groups excluding carboxylic acids is 1. The summed E-state index contributed by atoms with van der Waals surface area (Å²) in [7, 11) is -3.47. The van der Waals surface area contributed by atoms with E-state index in [2.05, 4.69) is 4.57 Å². The molecule has 0 radical (unpaired) electrons. The maximum absolute atomic E-state index is 13.0. The van der Waals surface area contributed by atoms with Crippen LogP contribution in [0.4, 0.5) is 0 Å². The molecule has 0 amide bonds. The molecule has 2 aliphatic rings. The summed E-state index contributed by atoms with van der Waals surface area (Å²) < 4.78 is 29.6. The van der Waals surface area contributed by atoms with Crippen molar-refractivity contribution in [2.24, 2.45) is 0 Å². The molecule has 0 N–H and O–H groups in total. The Hall–Kier alpha value is -1.38. The van der Waals surface area contributed by atoms with Crippen LogP contribution in [0, 0.1) is 0 Å². The van der Waals surface area contributed by atoms with E-state index in [9.17, 15) is 13.2 Å². The molecule has 6 nitrogen and oxygen atoms in total. The average molecular weight is 408 g/mol. The number of hydrogen-bond donors (Lipinski definition) is 0. The number of ketones is 1. The molecule has 4 rings (SSSR count). The molecule has 0 spiro atoms. The second-order valence-corrected chi connectivity index (χ2v) is 10.3. The van der Waals surface area contributed by atoms with Gasteiger partial charge in [0.25, 0.3) is 0 Å². The van der Waals surface area contributed by atoms with E-state index < -0.39 is 10.0 Å². The fourth-order valence-corrected chi connectivity index (χ4v) is 6.77. The van der Waals surface area contributed by atoms with Crippen LogP contribution in [0.25, 0.3) is 11.0 Å². The normalized spacial score (nSPS) is 22.0. The van der Waals surface area contributed by atoms with Crippen molar-refractivity contribution < 1.29 is 13.2 Å². The number of thioether (sulfide) groups is 1. The molecule has 0 bridgehead atoms. The summed E-state index contributed by atoms with van der Waals surface area (Å²) in [5.41, 5.74) is 1.60. The third kappa shape index (κ3) is 3.54. The lowest BCUT2D eigenvalue weighted by Crippen LogP contribution is -2.35. The topological polar surface area (TPSA) is 72.3 Å². The highest BCUT2D eigenvalue weighted by atomic mass is 32.2. The number of aromatic nitrogens is 2. The smallest absolute Gasteiger partial charge is 0.243 e. The number of rotatable bonds is 5. The van der Waals surface area contributed by atoms with Crippen LogP contribution in [0.3, 0.4) is 0 Å². The fourth-order valence-electron chi connectivity index (χ4n) is 3.93. The number of fused-ring (bicyclic) bond motifs is 1. The Morgan fingerprint density at radius 2 is 1.96 bits per heavy atom. The zero-order chi connectivity index (χ0) is 19.0. The molecule has 2 heterocycles. The summed E-state index contributed by atoms with van der Waals surface area (Å²) in [6, 6.07) is 5.23. The maximum Gasteiger partial charge on any atom is 0.243 e. The van der Waals surface area contributed by atoms with Crippen molar-refractivity contribution in [3.8, 4) is 0 Å². The van der Waals surface area contributed by atoms with Crippen molar-refractivity contribution in [3.63, 3.8) is 0 Å². The Bertz CT molecular complexity index is 962. The van der Waals surface area contributed by atoms with Gasteiger partial charge in [-0.1, -0.05) is 18.2 Å². The number of sulfonamides is 1. The van der Waals surface area contributed by atoms with E-state index in [0.29, 0.717) is 35.7 Å². The Kier molecular flexibility index (Phi) is 5.31. The van der Waals surface area contributed by atoms with Crippen LogP contribution < -0.4 is 0 Å². The monoisotopic (exact) mass is 407 g/mol. The van der Waals surface area contributed by atoms with E-state index in [0.717, 1.165) is 49.3 Å². The highest BCUT2D eigenvalue weighted by molar-refractivity contribution is 8.00. The van der Waals surface area contributed by atoms with Gasteiger partial charge in [0.15, 0.2) is 5.16 Å². The molecule has 1 saturated carbocycles. The Balaban J connectivity index is 1.69. The summed E-state index contributed by atoms with van der Waals surface area (Å²) in [6.45, 7) is 3.96. The fraction of sp³-hybridized carbons (Fsp3) is 0.579. The summed E-state index contributed by atoms with van der Waals surface area (Å²) in [6.07, 6.45) is 5.42. The number of nitrogens with zero attached hydrogens (tertiary/aromatic N) is 3. The van der Waals surface area contributed by atoms with Gasteiger partial charge in [0, 0.05) is 26.1 Å². The van der Waals surface area contributed by atoms with Crippen molar-refractivity contribution in [1.29, 1.82) is 0 Å². The Labute approximate surface area is 164 Å². The zero-order valence-corrected chi connectivity index (χ0v) is 17.2. The summed E-state index contributed by atoms with van der Waals surface area (Å²) in [5, 5.41) is 0.781. The van der Waals surface area contributed by atoms with E-state index in [1.807, 2.05) is 13.0 Å². The lowest BCUT2D eigenvalue weighted by Gasteiger charge is -2.25. The first kappa shape index (κ1) is 19.0. The van der Waals surface area contributed by atoms with Gasteiger partial charge in [-0.25, -0.2) is 13.4 Å². The van der Waals surface area contributed by atoms with Crippen molar-refractivity contribution in [3.05, 3.63) is 18.2 Å². The predicted octanol–water partition coefficient (Wildman–Crippen LogP) is 3.44. The van der Waals surface area contributed by atoms with Crippen molar-refractivity contribution in [2.45, 2.75) is 67.3 Å². The van der Waals surface area contributed by atoms with Crippen LogP contribution in [0.5, 0.6) is 0 Å². The predicted molar refractivity (Wildman–Crippen MR) is 107 cm³/mol. The highest BCUT2D eigenvalue weighted by Crippen LogP contribution is 2.34. The van der Waals surface area contributed by atoms with Crippen molar-refractivity contribution in [1.82, 2.24) is 13.9 Å². The van der Waals surface area contributed by atoms with Gasteiger partial charge in [-0.3, -0.25) is 4.79 Å². The maximum atomic E-state index is 13.0. The molecule has 146 valence electrons. The van der Waals surface area contributed by atoms with Gasteiger partial charge in [-0.05, 0) is 50.8 Å². The lowest BCUT2D eigenvalue weighted by molar-refractivity contribution is -0.116. The third-order valence-electron chi connectivity index (χ3n) is 5.45. The minimum absolute atomic E-state index is 0.0244. The van der Waals surface area contributed by atoms with Gasteiger partial charge in [-0.15, -0.1) is 0 Å². The molecule has 1 saturated heterocycles. The second-order valence-electron chi connectivity index (χ2n) is 7.22. The SMILES string of the molecule is CCn1c(SC2CCCC2=O)nc2cc(S(=O)(=O)N3CCCCC3)ccc21. The molecule has 1 aliphatic carbocycles. The van der Waals surface area contributed by atoms with Crippen LogP contribution in [0.15, 0.2) is 28.3 Å². The van der Waals surface area contributed by atoms with Crippen LogP contribution in [-0.2, 0) is 21.4 Å². The Morgan fingerprint density at radius 3 is 2.63 bits per heavy atom. The van der Waals surface area contributed by atoms with Crippen LogP contribution in [0.2, 0.25) is 0 Å². The molecule has 1 aromatic carbocycles. The first-order valence-electron chi connectivity index (χ1n) is 9.70. The first-order chi connectivity index (χ1) is 13.0. The van der Waals surface area contributed by atoms with Crippen LogP contribution in [-0.4, -0.2) is 46.4 Å². The standard InChI is InChI=1S/C19H25N3O3S2/c1-2-22-16-10-9-14(27(24,25)21-11-4-3-5-12-21)13-15(16)20-19(22)26-18-8-6-7-17(18)23/h9-10,13,18H,2-8,11-12H2,1H3. The van der Waals surface area contributed by atoms with Gasteiger partial charge in [-0.2, -0.15) is 4.31 Å². The third-order valence-corrected chi connectivity index (χ3v) is 8.65. The number of aryl methyl sites for hydroxylation is 1. The van der Waals surface area contributed by atoms with Crippen molar-refractivity contribution in [2.75, 3.05) is 13.1 Å². The van der Waals surface area contributed by atoms with Gasteiger partial charge >= 0.3 is 0 Å². The van der Waals surface area contributed by atoms with Gasteiger partial charge in [0.05, 0.1) is 21.2 Å².